The summed E-state index contributed by atoms with van der Waals surface area (Å²) in [5, 5.41) is 6.97. The lowest BCUT2D eigenvalue weighted by Gasteiger charge is -2.18. The van der Waals surface area contributed by atoms with Crippen LogP contribution < -0.4 is 5.32 Å². The maximum Gasteiger partial charge on any atom is 0.107 e. The minimum Gasteiger partial charge on any atom is -0.376 e. The minimum absolute atomic E-state index is 0.443. The van der Waals surface area contributed by atoms with Gasteiger partial charge in [-0.15, -0.1) is 11.3 Å². The summed E-state index contributed by atoms with van der Waals surface area (Å²) in [6, 6.07) is 10.9. The fourth-order valence-corrected chi connectivity index (χ4v) is 3.83. The predicted octanol–water partition coefficient (Wildman–Crippen LogP) is 3.47. The van der Waals surface area contributed by atoms with Gasteiger partial charge in [-0.3, -0.25) is 0 Å². The fourth-order valence-electron chi connectivity index (χ4n) is 3.07. The van der Waals surface area contributed by atoms with Crippen molar-refractivity contribution in [3.63, 3.8) is 0 Å². The lowest BCUT2D eigenvalue weighted by molar-refractivity contribution is 0.0809. The van der Waals surface area contributed by atoms with Gasteiger partial charge in [0, 0.05) is 30.1 Å². The predicted molar refractivity (Wildman–Crippen MR) is 85.3 cm³/mol. The van der Waals surface area contributed by atoms with Crippen molar-refractivity contribution in [3.05, 3.63) is 40.7 Å². The largest absolute Gasteiger partial charge is 0.376 e. The van der Waals surface area contributed by atoms with Crippen LogP contribution in [0.5, 0.6) is 0 Å². The van der Waals surface area contributed by atoms with Gasteiger partial charge in [-0.1, -0.05) is 30.3 Å². The van der Waals surface area contributed by atoms with E-state index in [1.165, 1.54) is 18.4 Å². The third-order valence-corrected chi connectivity index (χ3v) is 5.21. The number of rotatable bonds is 5. The van der Waals surface area contributed by atoms with Crippen LogP contribution in [-0.2, 0) is 11.3 Å². The quantitative estimate of drug-likeness (QED) is 0.918. The summed E-state index contributed by atoms with van der Waals surface area (Å²) in [5.41, 5.74) is 2.28. The van der Waals surface area contributed by atoms with Gasteiger partial charge in [0.25, 0.3) is 0 Å². The molecule has 1 saturated heterocycles. The summed E-state index contributed by atoms with van der Waals surface area (Å²) < 4.78 is 5.87. The molecule has 2 heterocycles. The summed E-state index contributed by atoms with van der Waals surface area (Å²) in [5.74, 6) is 0.807. The summed E-state index contributed by atoms with van der Waals surface area (Å²) in [6.07, 6.45) is 4.27. The molecule has 1 N–H and O–H groups in total. The molecule has 4 rings (SSSR count). The first kappa shape index (κ1) is 13.4. The Hall–Kier alpha value is -1.23. The first-order valence-electron chi connectivity index (χ1n) is 7.75. The van der Waals surface area contributed by atoms with E-state index in [0.29, 0.717) is 12.1 Å². The van der Waals surface area contributed by atoms with Crippen LogP contribution >= 0.6 is 11.3 Å². The van der Waals surface area contributed by atoms with Crippen molar-refractivity contribution in [3.8, 4) is 11.3 Å². The average Bonchev–Trinajstić information content (AvgIpc) is 3.09. The number of nitrogens with zero attached hydrogens (tertiary/aromatic N) is 1. The third kappa shape index (κ3) is 3.03. The van der Waals surface area contributed by atoms with Crippen LogP contribution in [0.2, 0.25) is 0 Å². The van der Waals surface area contributed by atoms with Crippen LogP contribution in [0.25, 0.3) is 11.3 Å². The van der Waals surface area contributed by atoms with E-state index in [0.717, 1.165) is 36.2 Å². The van der Waals surface area contributed by atoms with E-state index in [-0.39, 0.29) is 0 Å². The van der Waals surface area contributed by atoms with Gasteiger partial charge in [0.1, 0.15) is 5.01 Å². The molecule has 1 aliphatic heterocycles. The highest BCUT2D eigenvalue weighted by Gasteiger charge is 2.40. The number of hydrogen-bond acceptors (Lipinski definition) is 4. The van der Waals surface area contributed by atoms with Crippen molar-refractivity contribution in [1.82, 2.24) is 10.3 Å². The van der Waals surface area contributed by atoms with Crippen LogP contribution in [0.3, 0.4) is 0 Å². The van der Waals surface area contributed by atoms with Gasteiger partial charge in [-0.25, -0.2) is 4.98 Å². The minimum atomic E-state index is 0.443. The molecule has 0 amide bonds. The van der Waals surface area contributed by atoms with E-state index in [1.807, 2.05) is 6.07 Å². The lowest BCUT2D eigenvalue weighted by atomic mass is 10.1. The molecular weight excluding hydrogens is 280 g/mol. The Labute approximate surface area is 129 Å². The van der Waals surface area contributed by atoms with E-state index in [9.17, 15) is 0 Å². The van der Waals surface area contributed by atoms with Crippen molar-refractivity contribution in [2.24, 2.45) is 5.92 Å². The summed E-state index contributed by atoms with van der Waals surface area (Å²) >= 11 is 1.74. The van der Waals surface area contributed by atoms with Crippen molar-refractivity contribution in [1.29, 1.82) is 0 Å². The second-order valence-corrected chi connectivity index (χ2v) is 6.88. The van der Waals surface area contributed by atoms with Crippen LogP contribution in [0, 0.1) is 5.92 Å². The molecule has 0 spiro atoms. The molecule has 2 atom stereocenters. The highest BCUT2D eigenvalue weighted by atomic mass is 32.1. The Morgan fingerprint density at radius 3 is 2.86 bits per heavy atom. The normalized spacial score (nSPS) is 25.3. The zero-order valence-corrected chi connectivity index (χ0v) is 12.8. The Bertz CT molecular complexity index is 594. The van der Waals surface area contributed by atoms with Crippen molar-refractivity contribution >= 4 is 11.3 Å². The van der Waals surface area contributed by atoms with Crippen LogP contribution in [0.15, 0.2) is 35.7 Å². The molecule has 2 fully saturated rings. The van der Waals surface area contributed by atoms with Crippen molar-refractivity contribution < 1.29 is 4.74 Å². The smallest absolute Gasteiger partial charge is 0.107 e. The van der Waals surface area contributed by atoms with Gasteiger partial charge in [-0.05, 0) is 25.2 Å². The molecule has 1 aromatic heterocycles. The van der Waals surface area contributed by atoms with Gasteiger partial charge in [0.15, 0.2) is 0 Å². The average molecular weight is 300 g/mol. The molecule has 2 unspecified atom stereocenters. The molecule has 1 saturated carbocycles. The molecule has 0 radical (unpaired) electrons. The number of benzene rings is 1. The van der Waals surface area contributed by atoms with E-state index < -0.39 is 0 Å². The number of hydrogen-bond donors (Lipinski definition) is 1. The number of aromatic nitrogens is 1. The van der Waals surface area contributed by atoms with Gasteiger partial charge in [-0.2, -0.15) is 0 Å². The van der Waals surface area contributed by atoms with Crippen LogP contribution in [0.1, 0.15) is 24.3 Å². The topological polar surface area (TPSA) is 34.1 Å². The van der Waals surface area contributed by atoms with E-state index in [1.54, 1.807) is 11.3 Å². The number of ether oxygens (including phenoxy) is 1. The maximum absolute atomic E-state index is 5.87. The van der Waals surface area contributed by atoms with E-state index in [4.69, 9.17) is 9.72 Å². The molecule has 2 aliphatic rings. The first-order chi connectivity index (χ1) is 10.4. The van der Waals surface area contributed by atoms with Gasteiger partial charge in [0.05, 0.1) is 11.8 Å². The summed E-state index contributed by atoms with van der Waals surface area (Å²) in [4.78, 5) is 4.74. The highest BCUT2D eigenvalue weighted by molar-refractivity contribution is 7.09. The summed E-state index contributed by atoms with van der Waals surface area (Å²) in [7, 11) is 0. The molecular formula is C17H20N2OS. The standard InChI is InChI=1S/C17H20N2OS/c1-2-4-12(5-3-1)15-11-21-16(19-15)10-18-14-8-9-20-17(14)13-6-7-13/h1-5,11,13-14,17-18H,6-10H2. The SMILES string of the molecule is c1ccc(-c2csc(CNC3CCOC3C3CC3)n2)cc1. The van der Waals surface area contributed by atoms with Crippen LogP contribution in [0.4, 0.5) is 0 Å². The molecule has 1 aromatic carbocycles. The Kier molecular flexibility index (Phi) is 3.76. The van der Waals surface area contributed by atoms with E-state index >= 15 is 0 Å². The Morgan fingerprint density at radius 1 is 1.19 bits per heavy atom. The monoisotopic (exact) mass is 300 g/mol. The fraction of sp³-hybridized carbons (Fsp3) is 0.471. The van der Waals surface area contributed by atoms with Gasteiger partial charge < -0.3 is 10.1 Å². The highest BCUT2D eigenvalue weighted by Crippen LogP contribution is 2.38. The zero-order valence-electron chi connectivity index (χ0n) is 12.0. The second kappa shape index (κ2) is 5.87. The number of thiazole rings is 1. The molecule has 0 bridgehead atoms. The number of nitrogens with one attached hydrogen (secondary N) is 1. The Morgan fingerprint density at radius 2 is 2.05 bits per heavy atom. The summed E-state index contributed by atoms with van der Waals surface area (Å²) in [6.45, 7) is 1.76. The van der Waals surface area contributed by atoms with Gasteiger partial charge >= 0.3 is 0 Å². The maximum atomic E-state index is 5.87. The van der Waals surface area contributed by atoms with Crippen LogP contribution in [-0.4, -0.2) is 23.7 Å². The third-order valence-electron chi connectivity index (χ3n) is 4.36. The molecule has 4 heteroatoms. The second-order valence-electron chi connectivity index (χ2n) is 5.94. The zero-order chi connectivity index (χ0) is 14.1. The molecule has 1 aliphatic carbocycles. The molecule has 2 aromatic rings. The Balaban J connectivity index is 1.38. The molecule has 3 nitrogen and oxygen atoms in total. The molecule has 21 heavy (non-hydrogen) atoms. The van der Waals surface area contributed by atoms with Crippen molar-refractivity contribution in [2.45, 2.75) is 38.0 Å². The molecule has 110 valence electrons. The first-order valence-corrected chi connectivity index (χ1v) is 8.63. The van der Waals surface area contributed by atoms with Gasteiger partial charge in [0.2, 0.25) is 0 Å². The lowest BCUT2D eigenvalue weighted by Crippen LogP contribution is -2.37. The van der Waals surface area contributed by atoms with Crippen molar-refractivity contribution in [2.75, 3.05) is 6.61 Å². The van der Waals surface area contributed by atoms with E-state index in [2.05, 4.69) is 35.0 Å².